The van der Waals surface area contributed by atoms with Crippen molar-refractivity contribution in [3.63, 3.8) is 0 Å². The van der Waals surface area contributed by atoms with E-state index in [0.717, 1.165) is 12.8 Å². The van der Waals surface area contributed by atoms with E-state index in [-0.39, 0.29) is 17.6 Å². The molecular formula is C11H17N3O2. The molecule has 88 valence electrons. The zero-order chi connectivity index (χ0) is 12.0. The van der Waals surface area contributed by atoms with Crippen molar-refractivity contribution >= 4 is 5.91 Å². The number of nitrogens with zero attached hydrogens (tertiary/aromatic N) is 1. The summed E-state index contributed by atoms with van der Waals surface area (Å²) in [5, 5.41) is 2.61. The van der Waals surface area contributed by atoms with Crippen LogP contribution in [0, 0.1) is 0 Å². The molecule has 1 heterocycles. The third-order valence-corrected chi connectivity index (χ3v) is 2.08. The Kier molecular flexibility index (Phi) is 4.72. The summed E-state index contributed by atoms with van der Waals surface area (Å²) in [5.41, 5.74) is 6.07. The first kappa shape index (κ1) is 12.4. The number of rotatable bonds is 6. The van der Waals surface area contributed by atoms with Gasteiger partial charge in [-0.25, -0.2) is 4.98 Å². The molecule has 1 amide bonds. The lowest BCUT2D eigenvalue weighted by atomic mass is 10.2. The molecule has 0 saturated heterocycles. The highest BCUT2D eigenvalue weighted by molar-refractivity contribution is 5.91. The first-order valence-corrected chi connectivity index (χ1v) is 5.29. The number of hydrogen-bond donors (Lipinski definition) is 2. The third kappa shape index (κ3) is 3.20. The SMILES string of the molecule is C=CCNC(=O)c1coc(C(N)CCC)n1. The maximum absolute atomic E-state index is 11.5. The number of hydrogen-bond acceptors (Lipinski definition) is 4. The number of carbonyl (C=O) groups is 1. The van der Waals surface area contributed by atoms with Crippen molar-refractivity contribution in [2.45, 2.75) is 25.8 Å². The topological polar surface area (TPSA) is 81.2 Å². The second-order valence-electron chi connectivity index (χ2n) is 3.46. The Morgan fingerprint density at radius 2 is 2.56 bits per heavy atom. The van der Waals surface area contributed by atoms with Crippen molar-refractivity contribution in [2.24, 2.45) is 5.73 Å². The molecule has 3 N–H and O–H groups in total. The molecule has 5 heteroatoms. The summed E-state index contributed by atoms with van der Waals surface area (Å²) in [4.78, 5) is 15.5. The second kappa shape index (κ2) is 6.07. The van der Waals surface area contributed by atoms with Crippen LogP contribution in [0.2, 0.25) is 0 Å². The number of amides is 1. The summed E-state index contributed by atoms with van der Waals surface area (Å²) in [5.74, 6) is 0.129. The van der Waals surface area contributed by atoms with Gasteiger partial charge in [0.1, 0.15) is 6.26 Å². The van der Waals surface area contributed by atoms with Crippen LogP contribution in [0.4, 0.5) is 0 Å². The average molecular weight is 223 g/mol. The average Bonchev–Trinajstić information content (AvgIpc) is 2.75. The lowest BCUT2D eigenvalue weighted by Gasteiger charge is -2.03. The minimum atomic E-state index is -0.279. The Balaban J connectivity index is 2.63. The first-order chi connectivity index (χ1) is 7.69. The van der Waals surface area contributed by atoms with Crippen LogP contribution in [0.5, 0.6) is 0 Å². The van der Waals surface area contributed by atoms with Gasteiger partial charge < -0.3 is 15.5 Å². The van der Waals surface area contributed by atoms with Crippen LogP contribution >= 0.6 is 0 Å². The molecule has 1 atom stereocenters. The van der Waals surface area contributed by atoms with E-state index in [2.05, 4.69) is 16.9 Å². The molecule has 0 aliphatic carbocycles. The van der Waals surface area contributed by atoms with Crippen molar-refractivity contribution < 1.29 is 9.21 Å². The zero-order valence-electron chi connectivity index (χ0n) is 9.40. The van der Waals surface area contributed by atoms with E-state index in [1.54, 1.807) is 6.08 Å². The van der Waals surface area contributed by atoms with Gasteiger partial charge in [-0.15, -0.1) is 6.58 Å². The molecule has 0 radical (unpaired) electrons. The quantitative estimate of drug-likeness (QED) is 0.714. The third-order valence-electron chi connectivity index (χ3n) is 2.08. The lowest BCUT2D eigenvalue weighted by molar-refractivity contribution is 0.0953. The number of nitrogens with two attached hydrogens (primary N) is 1. The standard InChI is InChI=1S/C11H17N3O2/c1-3-5-8(12)11-14-9(7-16-11)10(15)13-6-4-2/h4,7-8H,2-3,5-6,12H2,1H3,(H,13,15). The van der Waals surface area contributed by atoms with Gasteiger partial charge in [0.15, 0.2) is 5.69 Å². The van der Waals surface area contributed by atoms with Gasteiger partial charge in [0.05, 0.1) is 6.04 Å². The number of oxazole rings is 1. The highest BCUT2D eigenvalue weighted by atomic mass is 16.3. The van der Waals surface area contributed by atoms with Crippen LogP contribution in [-0.4, -0.2) is 17.4 Å². The number of aromatic nitrogens is 1. The zero-order valence-corrected chi connectivity index (χ0v) is 9.40. The summed E-state index contributed by atoms with van der Waals surface area (Å²) < 4.78 is 5.16. The molecule has 0 aliphatic rings. The van der Waals surface area contributed by atoms with Crippen molar-refractivity contribution in [3.8, 4) is 0 Å². The summed E-state index contributed by atoms with van der Waals surface area (Å²) in [7, 11) is 0. The molecule has 0 fully saturated rings. The minimum Gasteiger partial charge on any atom is -0.446 e. The van der Waals surface area contributed by atoms with Crippen molar-refractivity contribution in [1.82, 2.24) is 10.3 Å². The Bertz CT molecular complexity index is 360. The van der Waals surface area contributed by atoms with E-state index in [9.17, 15) is 4.79 Å². The van der Waals surface area contributed by atoms with Gasteiger partial charge >= 0.3 is 0 Å². The normalized spacial score (nSPS) is 12.1. The monoisotopic (exact) mass is 223 g/mol. The summed E-state index contributed by atoms with van der Waals surface area (Å²) in [6, 6.07) is -0.244. The van der Waals surface area contributed by atoms with Gasteiger partial charge in [-0.2, -0.15) is 0 Å². The molecule has 5 nitrogen and oxygen atoms in total. The van der Waals surface area contributed by atoms with Crippen LogP contribution in [-0.2, 0) is 0 Å². The molecule has 1 aromatic heterocycles. The van der Waals surface area contributed by atoms with Crippen LogP contribution < -0.4 is 11.1 Å². The second-order valence-corrected chi connectivity index (χ2v) is 3.46. The Labute approximate surface area is 94.7 Å². The van der Waals surface area contributed by atoms with Gasteiger partial charge in [-0.3, -0.25) is 4.79 Å². The smallest absolute Gasteiger partial charge is 0.273 e. The van der Waals surface area contributed by atoms with Gasteiger partial charge in [-0.05, 0) is 6.42 Å². The highest BCUT2D eigenvalue weighted by Gasteiger charge is 2.15. The lowest BCUT2D eigenvalue weighted by Crippen LogP contribution is -2.23. The van der Waals surface area contributed by atoms with Gasteiger partial charge in [0.2, 0.25) is 5.89 Å². The van der Waals surface area contributed by atoms with E-state index in [4.69, 9.17) is 10.2 Å². The van der Waals surface area contributed by atoms with Crippen LogP contribution in [0.3, 0.4) is 0 Å². The fourth-order valence-corrected chi connectivity index (χ4v) is 1.25. The van der Waals surface area contributed by atoms with E-state index < -0.39 is 0 Å². The van der Waals surface area contributed by atoms with Gasteiger partial charge in [0.25, 0.3) is 5.91 Å². The van der Waals surface area contributed by atoms with Crippen LogP contribution in [0.25, 0.3) is 0 Å². The van der Waals surface area contributed by atoms with Crippen LogP contribution in [0.15, 0.2) is 23.3 Å². The van der Waals surface area contributed by atoms with E-state index in [1.807, 2.05) is 6.92 Å². The fraction of sp³-hybridized carbons (Fsp3) is 0.455. The Hall–Kier alpha value is -1.62. The summed E-state index contributed by atoms with van der Waals surface area (Å²) in [6.45, 7) is 5.94. The Morgan fingerprint density at radius 3 is 3.19 bits per heavy atom. The molecular weight excluding hydrogens is 206 g/mol. The van der Waals surface area contributed by atoms with E-state index in [1.165, 1.54) is 6.26 Å². The molecule has 16 heavy (non-hydrogen) atoms. The van der Waals surface area contributed by atoms with E-state index >= 15 is 0 Å². The molecule has 0 aromatic carbocycles. The summed E-state index contributed by atoms with van der Waals surface area (Å²) >= 11 is 0. The maximum Gasteiger partial charge on any atom is 0.273 e. The predicted octanol–water partition coefficient (Wildman–Crippen LogP) is 1.39. The maximum atomic E-state index is 11.5. The highest BCUT2D eigenvalue weighted by Crippen LogP contribution is 2.14. The van der Waals surface area contributed by atoms with E-state index in [0.29, 0.717) is 12.4 Å². The molecule has 1 aromatic rings. The van der Waals surface area contributed by atoms with Gasteiger partial charge in [-0.1, -0.05) is 19.4 Å². The largest absolute Gasteiger partial charge is 0.446 e. The predicted molar refractivity (Wildman–Crippen MR) is 60.9 cm³/mol. The van der Waals surface area contributed by atoms with Crippen LogP contribution in [0.1, 0.15) is 42.2 Å². The van der Waals surface area contributed by atoms with Crippen molar-refractivity contribution in [2.75, 3.05) is 6.54 Å². The van der Waals surface area contributed by atoms with Crippen molar-refractivity contribution in [1.29, 1.82) is 0 Å². The molecule has 1 unspecified atom stereocenters. The fourth-order valence-electron chi connectivity index (χ4n) is 1.25. The Morgan fingerprint density at radius 1 is 1.81 bits per heavy atom. The molecule has 0 aliphatic heterocycles. The summed E-state index contributed by atoms with van der Waals surface area (Å²) in [6.07, 6.45) is 4.65. The molecule has 1 rings (SSSR count). The number of nitrogens with one attached hydrogen (secondary N) is 1. The molecule has 0 saturated carbocycles. The first-order valence-electron chi connectivity index (χ1n) is 5.29. The molecule has 0 bridgehead atoms. The number of carbonyl (C=O) groups excluding carboxylic acids is 1. The minimum absolute atomic E-state index is 0.244. The molecule has 0 spiro atoms. The van der Waals surface area contributed by atoms with Crippen molar-refractivity contribution in [3.05, 3.63) is 30.5 Å². The van der Waals surface area contributed by atoms with Gasteiger partial charge in [0, 0.05) is 6.54 Å².